The molecule has 5 rings (SSSR count). The van der Waals surface area contributed by atoms with Crippen LogP contribution < -0.4 is 16.0 Å². The molecule has 6 heteroatoms. The summed E-state index contributed by atoms with van der Waals surface area (Å²) in [5.74, 6) is 0.367. The molecule has 2 aromatic rings. The second-order valence-corrected chi connectivity index (χ2v) is 8.72. The van der Waals surface area contributed by atoms with E-state index in [0.717, 1.165) is 43.6 Å². The topological polar surface area (TPSA) is 80.0 Å². The van der Waals surface area contributed by atoms with Crippen molar-refractivity contribution in [2.24, 2.45) is 4.99 Å². The lowest BCUT2D eigenvalue weighted by Gasteiger charge is -2.29. The smallest absolute Gasteiger partial charge is 0.263 e. The van der Waals surface area contributed by atoms with Crippen LogP contribution in [0.5, 0.6) is 0 Å². The fourth-order valence-electron chi connectivity index (χ4n) is 4.91. The van der Waals surface area contributed by atoms with Gasteiger partial charge in [-0.3, -0.25) is 4.79 Å². The lowest BCUT2D eigenvalue weighted by Crippen LogP contribution is -2.40. The van der Waals surface area contributed by atoms with E-state index in [4.69, 9.17) is 10.5 Å². The molecule has 31 heavy (non-hydrogen) atoms. The number of piperidine rings is 1. The van der Waals surface area contributed by atoms with Crippen molar-refractivity contribution in [2.45, 2.75) is 50.7 Å². The van der Waals surface area contributed by atoms with Crippen molar-refractivity contribution in [1.29, 1.82) is 0 Å². The molecule has 2 atom stereocenters. The van der Waals surface area contributed by atoms with E-state index >= 15 is 0 Å². The highest BCUT2D eigenvalue weighted by molar-refractivity contribution is 6.02. The summed E-state index contributed by atoms with van der Waals surface area (Å²) in [4.78, 5) is 19.9. The van der Waals surface area contributed by atoms with Gasteiger partial charge in [0.25, 0.3) is 5.91 Å². The summed E-state index contributed by atoms with van der Waals surface area (Å²) < 4.78 is 6.00. The molecule has 2 aliphatic heterocycles. The van der Waals surface area contributed by atoms with E-state index in [1.165, 1.54) is 30.4 Å². The number of aryl methyl sites for hydroxylation is 1. The Morgan fingerprint density at radius 1 is 1.10 bits per heavy atom. The zero-order chi connectivity index (χ0) is 21.2. The minimum Gasteiger partial charge on any atom is -0.462 e. The Hall–Kier alpha value is -3.02. The average molecular weight is 419 g/mol. The largest absolute Gasteiger partial charge is 0.462 e. The van der Waals surface area contributed by atoms with Crippen molar-refractivity contribution in [1.82, 2.24) is 5.32 Å². The number of ether oxygens (including phenoxy) is 1. The Morgan fingerprint density at radius 3 is 2.81 bits per heavy atom. The number of carbonyl (C=O) groups is 1. The summed E-state index contributed by atoms with van der Waals surface area (Å²) in [6.07, 6.45) is 6.21. The van der Waals surface area contributed by atoms with Crippen molar-refractivity contribution >= 4 is 23.2 Å². The van der Waals surface area contributed by atoms with Crippen molar-refractivity contribution in [2.75, 3.05) is 30.3 Å². The molecule has 2 heterocycles. The van der Waals surface area contributed by atoms with Gasteiger partial charge in [-0.15, -0.1) is 0 Å². The maximum absolute atomic E-state index is 13.0. The summed E-state index contributed by atoms with van der Waals surface area (Å²) in [6, 6.07) is 14.4. The van der Waals surface area contributed by atoms with Crippen LogP contribution in [0.25, 0.3) is 0 Å². The first kappa shape index (κ1) is 19.9. The Kier molecular flexibility index (Phi) is 5.53. The van der Waals surface area contributed by atoms with Crippen molar-refractivity contribution in [3.63, 3.8) is 0 Å². The summed E-state index contributed by atoms with van der Waals surface area (Å²) >= 11 is 0. The molecule has 1 amide bonds. The van der Waals surface area contributed by atoms with Crippen LogP contribution in [0.3, 0.4) is 0 Å². The minimum atomic E-state index is -0.609. The number of aliphatic imine (C=N–C) groups is 1. The summed E-state index contributed by atoms with van der Waals surface area (Å²) in [7, 11) is 0. The Labute approximate surface area is 183 Å². The maximum Gasteiger partial charge on any atom is 0.263 e. The molecule has 162 valence electrons. The third-order valence-electron chi connectivity index (χ3n) is 6.62. The highest BCUT2D eigenvalue weighted by atomic mass is 16.5. The highest BCUT2D eigenvalue weighted by Gasteiger charge is 2.31. The van der Waals surface area contributed by atoms with Crippen molar-refractivity contribution in [3.8, 4) is 0 Å². The molecular weight excluding hydrogens is 388 g/mol. The number of nitrogens with one attached hydrogen (secondary N) is 1. The van der Waals surface area contributed by atoms with Gasteiger partial charge in [0.15, 0.2) is 6.10 Å². The predicted octanol–water partition coefficient (Wildman–Crippen LogP) is 3.60. The number of anilines is 2. The van der Waals surface area contributed by atoms with Gasteiger partial charge in [0.1, 0.15) is 0 Å². The highest BCUT2D eigenvalue weighted by Crippen LogP contribution is 2.30. The van der Waals surface area contributed by atoms with Gasteiger partial charge < -0.3 is 20.7 Å². The maximum atomic E-state index is 13.0. The molecule has 1 saturated heterocycles. The van der Waals surface area contributed by atoms with Gasteiger partial charge in [0.05, 0.1) is 18.2 Å². The van der Waals surface area contributed by atoms with E-state index in [9.17, 15) is 4.79 Å². The quantitative estimate of drug-likeness (QED) is 0.744. The molecule has 1 aliphatic carbocycles. The number of fused-ring (bicyclic) bond motifs is 1. The van der Waals surface area contributed by atoms with Crippen molar-refractivity contribution < 1.29 is 9.53 Å². The monoisotopic (exact) mass is 418 g/mol. The normalized spacial score (nSPS) is 23.0. The fourth-order valence-corrected chi connectivity index (χ4v) is 4.91. The summed E-state index contributed by atoms with van der Waals surface area (Å²) in [5.41, 5.74) is 11.3. The van der Waals surface area contributed by atoms with Crippen LogP contribution in [0.15, 0.2) is 47.5 Å². The van der Waals surface area contributed by atoms with E-state index in [1.54, 1.807) is 0 Å². The number of hydrogen-bond donors (Lipinski definition) is 2. The first-order valence-corrected chi connectivity index (χ1v) is 11.4. The molecule has 1 unspecified atom stereocenters. The molecule has 0 aromatic heterocycles. The van der Waals surface area contributed by atoms with Crippen molar-refractivity contribution in [3.05, 3.63) is 59.2 Å². The Morgan fingerprint density at radius 2 is 1.94 bits per heavy atom. The third-order valence-corrected chi connectivity index (χ3v) is 6.62. The zero-order valence-corrected chi connectivity index (χ0v) is 17.8. The number of nitrogens with zero attached hydrogens (tertiary/aromatic N) is 2. The molecule has 3 N–H and O–H groups in total. The number of nitrogen functional groups attached to an aromatic ring is 1. The molecule has 0 spiro atoms. The van der Waals surface area contributed by atoms with Gasteiger partial charge in [-0.1, -0.05) is 24.3 Å². The van der Waals surface area contributed by atoms with Crippen LogP contribution in [0.4, 0.5) is 11.4 Å². The molecular formula is C25H30N4O2. The summed E-state index contributed by atoms with van der Waals surface area (Å²) in [5, 5.41) is 3.19. The molecule has 1 fully saturated rings. The van der Waals surface area contributed by atoms with E-state index in [2.05, 4.69) is 45.5 Å². The second-order valence-electron chi connectivity index (χ2n) is 8.72. The zero-order valence-electron chi connectivity index (χ0n) is 17.8. The molecule has 3 aliphatic rings. The van der Waals surface area contributed by atoms with Crippen LogP contribution in [-0.4, -0.2) is 37.5 Å². The van der Waals surface area contributed by atoms with Gasteiger partial charge in [0, 0.05) is 24.5 Å². The first-order valence-electron chi connectivity index (χ1n) is 11.4. The van der Waals surface area contributed by atoms with Gasteiger partial charge in [0.2, 0.25) is 5.90 Å². The summed E-state index contributed by atoms with van der Waals surface area (Å²) in [6.45, 7) is 2.44. The molecule has 6 nitrogen and oxygen atoms in total. The lowest BCUT2D eigenvalue weighted by atomic mass is 9.87. The Balaban J connectivity index is 1.26. The fraction of sp³-hybridized carbons (Fsp3) is 0.440. The van der Waals surface area contributed by atoms with E-state index < -0.39 is 6.10 Å². The lowest BCUT2D eigenvalue weighted by molar-refractivity contribution is -0.128. The third kappa shape index (κ3) is 4.11. The molecule has 0 radical (unpaired) electrons. The van der Waals surface area contributed by atoms with Gasteiger partial charge >= 0.3 is 0 Å². The number of benzene rings is 2. The van der Waals surface area contributed by atoms with Crippen LogP contribution in [0.2, 0.25) is 0 Å². The number of carbonyl (C=O) groups excluding carboxylic acids is 1. The predicted molar refractivity (Wildman–Crippen MR) is 123 cm³/mol. The van der Waals surface area contributed by atoms with E-state index in [1.807, 2.05) is 12.1 Å². The first-order chi connectivity index (χ1) is 15.2. The SMILES string of the molecule is Nc1ccc(N2CCCCC2)cc1C1=NCC(C(=O)N[C@H]2CCCc3ccccc32)O1. The van der Waals surface area contributed by atoms with E-state index in [-0.39, 0.29) is 11.9 Å². The number of amides is 1. The minimum absolute atomic E-state index is 0.0394. The van der Waals surface area contributed by atoms with Gasteiger partial charge in [-0.05, 0) is 67.9 Å². The number of rotatable bonds is 4. The van der Waals surface area contributed by atoms with E-state index in [0.29, 0.717) is 18.1 Å². The van der Waals surface area contributed by atoms with Crippen LogP contribution in [0, 0.1) is 0 Å². The molecule has 2 aromatic carbocycles. The number of hydrogen-bond acceptors (Lipinski definition) is 5. The molecule has 0 saturated carbocycles. The van der Waals surface area contributed by atoms with Gasteiger partial charge in [-0.2, -0.15) is 0 Å². The van der Waals surface area contributed by atoms with Crippen LogP contribution in [-0.2, 0) is 16.0 Å². The van der Waals surface area contributed by atoms with Crippen LogP contribution in [0.1, 0.15) is 54.8 Å². The average Bonchev–Trinajstić information content (AvgIpc) is 3.30. The standard InChI is InChI=1S/C25H30N4O2/c26-21-12-11-18(29-13-4-1-5-14-29)15-20(21)25-27-16-23(31-25)24(30)28-22-10-6-8-17-7-2-3-9-19(17)22/h2-3,7,9,11-12,15,22-23H,1,4-6,8,10,13-14,16,26H2,(H,28,30)/t22-,23?/m0/s1. The Bertz CT molecular complexity index is 997. The second kappa shape index (κ2) is 8.61. The van der Waals surface area contributed by atoms with Gasteiger partial charge in [-0.25, -0.2) is 4.99 Å². The number of nitrogens with two attached hydrogens (primary N) is 1. The molecule has 0 bridgehead atoms. The van der Waals surface area contributed by atoms with Crippen LogP contribution >= 0.6 is 0 Å².